The Bertz CT molecular complexity index is 566. The van der Waals surface area contributed by atoms with Crippen LogP contribution in [-0.2, 0) is 0 Å². The number of hydrogen-bond acceptors (Lipinski definition) is 3. The predicted octanol–water partition coefficient (Wildman–Crippen LogP) is 2.26. The van der Waals surface area contributed by atoms with E-state index in [-0.39, 0.29) is 11.8 Å². The van der Waals surface area contributed by atoms with E-state index in [1.165, 1.54) is 7.05 Å². The number of hydrogen-bond donors (Lipinski definition) is 0. The van der Waals surface area contributed by atoms with Crippen LogP contribution in [0.25, 0.3) is 0 Å². The maximum atomic E-state index is 11.9. The average molecular weight is 275 g/mol. The van der Waals surface area contributed by atoms with E-state index < -0.39 is 8.07 Å². The molecule has 2 rings (SSSR count). The smallest absolute Gasteiger partial charge is 0.261 e. The SMILES string of the molecule is C=C[Si](C)(C)COc1ccc2c(c1)C(=O)N(C)C2=O. The molecular weight excluding hydrogens is 258 g/mol. The lowest BCUT2D eigenvalue weighted by atomic mass is 10.1. The van der Waals surface area contributed by atoms with Crippen molar-refractivity contribution >= 4 is 19.9 Å². The molecule has 0 spiro atoms. The van der Waals surface area contributed by atoms with Gasteiger partial charge in [0, 0.05) is 7.05 Å². The first-order chi connectivity index (χ1) is 8.85. The zero-order chi connectivity index (χ0) is 14.2. The van der Waals surface area contributed by atoms with Gasteiger partial charge in [0.1, 0.15) is 13.8 Å². The van der Waals surface area contributed by atoms with Gasteiger partial charge in [0.2, 0.25) is 0 Å². The number of imide groups is 1. The highest BCUT2D eigenvalue weighted by atomic mass is 28.3. The fourth-order valence-corrected chi connectivity index (χ4v) is 2.41. The monoisotopic (exact) mass is 275 g/mol. The van der Waals surface area contributed by atoms with Crippen LogP contribution in [0, 0.1) is 0 Å². The third kappa shape index (κ3) is 2.46. The minimum atomic E-state index is -1.55. The molecule has 1 aromatic rings. The molecule has 0 fully saturated rings. The molecule has 0 radical (unpaired) electrons. The van der Waals surface area contributed by atoms with Crippen LogP contribution in [0.15, 0.2) is 30.5 Å². The number of amides is 2. The van der Waals surface area contributed by atoms with Crippen molar-refractivity contribution in [3.8, 4) is 5.75 Å². The highest BCUT2D eigenvalue weighted by Gasteiger charge is 2.33. The van der Waals surface area contributed by atoms with Gasteiger partial charge in [-0.15, -0.1) is 6.58 Å². The first-order valence-corrected chi connectivity index (χ1v) is 9.37. The summed E-state index contributed by atoms with van der Waals surface area (Å²) in [7, 11) is -0.0652. The second-order valence-corrected chi connectivity index (χ2v) is 10.0. The number of carbonyl (C=O) groups is 2. The molecule has 0 saturated carbocycles. The van der Waals surface area contributed by atoms with Crippen LogP contribution in [0.5, 0.6) is 5.75 Å². The summed E-state index contributed by atoms with van der Waals surface area (Å²) in [6.07, 6.45) is 0.604. The van der Waals surface area contributed by atoms with Gasteiger partial charge in [-0.1, -0.05) is 18.8 Å². The van der Waals surface area contributed by atoms with Crippen molar-refractivity contribution in [1.82, 2.24) is 4.90 Å². The molecule has 100 valence electrons. The molecule has 0 saturated heterocycles. The van der Waals surface area contributed by atoms with Gasteiger partial charge in [-0.2, -0.15) is 0 Å². The van der Waals surface area contributed by atoms with Gasteiger partial charge in [0.25, 0.3) is 11.8 Å². The van der Waals surface area contributed by atoms with Crippen LogP contribution in [0.1, 0.15) is 20.7 Å². The normalized spacial score (nSPS) is 14.6. The second-order valence-electron chi connectivity index (χ2n) is 5.36. The Hall–Kier alpha value is -1.88. The van der Waals surface area contributed by atoms with Crippen molar-refractivity contribution in [2.45, 2.75) is 13.1 Å². The van der Waals surface area contributed by atoms with Crippen LogP contribution in [0.4, 0.5) is 0 Å². The molecule has 0 aromatic heterocycles. The largest absolute Gasteiger partial charge is 0.497 e. The molecule has 1 aromatic carbocycles. The van der Waals surface area contributed by atoms with Gasteiger partial charge in [0.15, 0.2) is 0 Å². The summed E-state index contributed by atoms with van der Waals surface area (Å²) in [6.45, 7) is 8.11. The number of fused-ring (bicyclic) bond motifs is 1. The molecule has 5 heteroatoms. The Morgan fingerprint density at radius 2 is 1.89 bits per heavy atom. The fraction of sp³-hybridized carbons (Fsp3) is 0.286. The maximum Gasteiger partial charge on any atom is 0.261 e. The summed E-state index contributed by atoms with van der Waals surface area (Å²) >= 11 is 0. The molecule has 1 heterocycles. The summed E-state index contributed by atoms with van der Waals surface area (Å²) in [6, 6.07) is 5.03. The van der Waals surface area contributed by atoms with E-state index in [1.807, 2.05) is 5.70 Å². The summed E-state index contributed by atoms with van der Waals surface area (Å²) in [5.41, 5.74) is 2.83. The zero-order valence-electron chi connectivity index (χ0n) is 11.4. The molecule has 0 unspecified atom stereocenters. The van der Waals surface area contributed by atoms with Crippen molar-refractivity contribution in [3.05, 3.63) is 41.6 Å². The van der Waals surface area contributed by atoms with E-state index in [0.29, 0.717) is 23.1 Å². The summed E-state index contributed by atoms with van der Waals surface area (Å²) in [5, 5.41) is 0. The van der Waals surface area contributed by atoms with E-state index >= 15 is 0 Å². The lowest BCUT2D eigenvalue weighted by Crippen LogP contribution is -2.32. The van der Waals surface area contributed by atoms with E-state index in [2.05, 4.69) is 19.7 Å². The Labute approximate surface area is 113 Å². The van der Waals surface area contributed by atoms with Crippen LogP contribution < -0.4 is 4.74 Å². The van der Waals surface area contributed by atoms with Gasteiger partial charge in [-0.25, -0.2) is 0 Å². The fourth-order valence-electron chi connectivity index (χ4n) is 1.76. The van der Waals surface area contributed by atoms with Crippen LogP contribution in [0.3, 0.4) is 0 Å². The van der Waals surface area contributed by atoms with E-state index in [4.69, 9.17) is 4.74 Å². The van der Waals surface area contributed by atoms with Crippen molar-refractivity contribution in [2.24, 2.45) is 0 Å². The lowest BCUT2D eigenvalue weighted by molar-refractivity contribution is 0.0693. The van der Waals surface area contributed by atoms with Crippen LogP contribution in [-0.4, -0.2) is 38.1 Å². The van der Waals surface area contributed by atoms with Crippen molar-refractivity contribution in [2.75, 3.05) is 13.3 Å². The molecule has 2 amide bonds. The molecule has 0 N–H and O–H groups in total. The molecule has 0 aliphatic carbocycles. The first-order valence-electron chi connectivity index (χ1n) is 6.08. The Kier molecular flexibility index (Phi) is 3.32. The van der Waals surface area contributed by atoms with Gasteiger partial charge in [-0.05, 0) is 18.2 Å². The molecule has 1 aliphatic rings. The number of nitrogens with zero attached hydrogens (tertiary/aromatic N) is 1. The quantitative estimate of drug-likeness (QED) is 0.625. The number of rotatable bonds is 4. The Morgan fingerprint density at radius 3 is 2.53 bits per heavy atom. The van der Waals surface area contributed by atoms with Gasteiger partial charge < -0.3 is 4.74 Å². The third-order valence-corrected chi connectivity index (χ3v) is 5.22. The van der Waals surface area contributed by atoms with Gasteiger partial charge in [-0.3, -0.25) is 14.5 Å². The molecule has 0 atom stereocenters. The van der Waals surface area contributed by atoms with Gasteiger partial charge >= 0.3 is 0 Å². The second kappa shape index (κ2) is 4.66. The maximum absolute atomic E-state index is 11.9. The minimum Gasteiger partial charge on any atom is -0.497 e. The lowest BCUT2D eigenvalue weighted by Gasteiger charge is -2.17. The minimum absolute atomic E-state index is 0.257. The standard InChI is InChI=1S/C14H17NO3Si/c1-5-19(3,4)9-18-10-6-7-11-12(8-10)14(17)15(2)13(11)16/h5-8H,1,9H2,2-4H3. The van der Waals surface area contributed by atoms with E-state index in [0.717, 1.165) is 4.90 Å². The van der Waals surface area contributed by atoms with E-state index in [9.17, 15) is 9.59 Å². The molecule has 4 nitrogen and oxygen atoms in total. The third-order valence-electron chi connectivity index (χ3n) is 3.22. The number of carbonyl (C=O) groups excluding carboxylic acids is 2. The Morgan fingerprint density at radius 1 is 1.26 bits per heavy atom. The van der Waals surface area contributed by atoms with Crippen molar-refractivity contribution < 1.29 is 14.3 Å². The first kappa shape index (κ1) is 13.5. The highest BCUT2D eigenvalue weighted by molar-refractivity contribution is 6.82. The Balaban J connectivity index is 2.22. The average Bonchev–Trinajstić information content (AvgIpc) is 2.62. The summed E-state index contributed by atoms with van der Waals surface area (Å²) < 4.78 is 5.71. The van der Waals surface area contributed by atoms with Crippen LogP contribution in [0.2, 0.25) is 13.1 Å². The molecule has 1 aliphatic heterocycles. The summed E-state index contributed by atoms with van der Waals surface area (Å²) in [5.74, 6) is 0.0932. The summed E-state index contributed by atoms with van der Waals surface area (Å²) in [4.78, 5) is 24.7. The molecular formula is C14H17NO3Si. The van der Waals surface area contributed by atoms with Crippen LogP contribution >= 0.6 is 0 Å². The van der Waals surface area contributed by atoms with Crippen molar-refractivity contribution in [1.29, 1.82) is 0 Å². The van der Waals surface area contributed by atoms with Gasteiger partial charge in [0.05, 0.1) is 17.4 Å². The topological polar surface area (TPSA) is 46.6 Å². The highest BCUT2D eigenvalue weighted by Crippen LogP contribution is 2.26. The predicted molar refractivity (Wildman–Crippen MR) is 76.0 cm³/mol. The number of benzene rings is 1. The van der Waals surface area contributed by atoms with Crippen molar-refractivity contribution in [3.63, 3.8) is 0 Å². The van der Waals surface area contributed by atoms with E-state index in [1.54, 1.807) is 18.2 Å². The zero-order valence-corrected chi connectivity index (χ0v) is 12.4. The number of ether oxygens (including phenoxy) is 1. The molecule has 0 bridgehead atoms. The molecule has 19 heavy (non-hydrogen) atoms.